The van der Waals surface area contributed by atoms with Gasteiger partial charge >= 0.3 is 0 Å². The molecule has 0 saturated heterocycles. The molecule has 1 aliphatic rings. The van der Waals surface area contributed by atoms with Crippen molar-refractivity contribution in [2.24, 2.45) is 0 Å². The van der Waals surface area contributed by atoms with Crippen LogP contribution < -0.4 is 10.6 Å². The van der Waals surface area contributed by atoms with Gasteiger partial charge in [0.1, 0.15) is 5.76 Å². The van der Waals surface area contributed by atoms with Crippen molar-refractivity contribution in [2.75, 3.05) is 6.54 Å². The molecule has 0 bridgehead atoms. The van der Waals surface area contributed by atoms with Gasteiger partial charge in [-0.3, -0.25) is 4.79 Å². The third kappa shape index (κ3) is 4.46. The average Bonchev–Trinajstić information content (AvgIpc) is 3.03. The maximum atomic E-state index is 11.4. The SMILES string of the molecule is CC(NCCCC(=O)NC1CC1)c1ccc(Br)o1. The second-order valence-corrected chi connectivity index (χ2v) is 5.54. The highest BCUT2D eigenvalue weighted by Gasteiger charge is 2.22. The molecule has 0 radical (unpaired) electrons. The van der Waals surface area contributed by atoms with Crippen molar-refractivity contribution in [3.8, 4) is 0 Å². The molecule has 2 rings (SSSR count). The van der Waals surface area contributed by atoms with Crippen LogP contribution in [0, 0.1) is 0 Å². The van der Waals surface area contributed by atoms with Crippen LogP contribution in [0.4, 0.5) is 0 Å². The maximum Gasteiger partial charge on any atom is 0.220 e. The molecule has 1 aromatic heterocycles. The second-order valence-electron chi connectivity index (χ2n) is 4.76. The second kappa shape index (κ2) is 6.38. The summed E-state index contributed by atoms with van der Waals surface area (Å²) in [5, 5.41) is 6.33. The molecule has 1 heterocycles. The quantitative estimate of drug-likeness (QED) is 0.761. The number of furan rings is 1. The molecule has 0 spiro atoms. The van der Waals surface area contributed by atoms with E-state index in [0.717, 1.165) is 36.2 Å². The monoisotopic (exact) mass is 314 g/mol. The zero-order valence-electron chi connectivity index (χ0n) is 10.5. The number of carbonyl (C=O) groups excluding carboxylic acids is 1. The first-order valence-corrected chi connectivity index (χ1v) is 7.22. The van der Waals surface area contributed by atoms with Crippen molar-refractivity contribution in [1.29, 1.82) is 0 Å². The highest BCUT2D eigenvalue weighted by Crippen LogP contribution is 2.20. The van der Waals surface area contributed by atoms with Gasteiger partial charge in [0.2, 0.25) is 5.91 Å². The smallest absolute Gasteiger partial charge is 0.220 e. The number of halogens is 1. The topological polar surface area (TPSA) is 54.3 Å². The predicted molar refractivity (Wildman–Crippen MR) is 73.2 cm³/mol. The van der Waals surface area contributed by atoms with Gasteiger partial charge in [-0.1, -0.05) is 0 Å². The summed E-state index contributed by atoms with van der Waals surface area (Å²) in [6, 6.07) is 4.46. The summed E-state index contributed by atoms with van der Waals surface area (Å²) in [4.78, 5) is 11.4. The summed E-state index contributed by atoms with van der Waals surface area (Å²) in [6.45, 7) is 2.87. The van der Waals surface area contributed by atoms with E-state index in [1.807, 2.05) is 12.1 Å². The molecule has 1 aromatic rings. The molecule has 2 N–H and O–H groups in total. The number of nitrogens with one attached hydrogen (secondary N) is 2. The minimum atomic E-state index is 0.169. The van der Waals surface area contributed by atoms with E-state index in [1.54, 1.807) is 0 Å². The molecule has 100 valence electrons. The molecule has 1 fully saturated rings. The minimum Gasteiger partial charge on any atom is -0.453 e. The summed E-state index contributed by atoms with van der Waals surface area (Å²) in [5.41, 5.74) is 0. The Morgan fingerprint density at radius 3 is 2.94 bits per heavy atom. The van der Waals surface area contributed by atoms with Gasteiger partial charge in [-0.15, -0.1) is 0 Å². The number of rotatable bonds is 7. The molecule has 1 saturated carbocycles. The fourth-order valence-corrected chi connectivity index (χ4v) is 2.08. The van der Waals surface area contributed by atoms with Crippen LogP contribution in [0.15, 0.2) is 21.2 Å². The first-order chi connectivity index (χ1) is 8.65. The Balaban J connectivity index is 1.58. The van der Waals surface area contributed by atoms with Crippen LogP contribution in [-0.2, 0) is 4.79 Å². The Bertz CT molecular complexity index is 401. The molecule has 1 amide bonds. The van der Waals surface area contributed by atoms with Gasteiger partial charge in [0, 0.05) is 12.5 Å². The molecule has 5 heteroatoms. The summed E-state index contributed by atoms with van der Waals surface area (Å²) >= 11 is 3.28. The van der Waals surface area contributed by atoms with E-state index in [4.69, 9.17) is 4.42 Å². The summed E-state index contributed by atoms with van der Waals surface area (Å²) in [5.74, 6) is 1.08. The number of hydrogen-bond donors (Lipinski definition) is 2. The van der Waals surface area contributed by atoms with Crippen LogP contribution in [0.25, 0.3) is 0 Å². The zero-order chi connectivity index (χ0) is 13.0. The van der Waals surface area contributed by atoms with Crippen LogP contribution in [0.2, 0.25) is 0 Å². The molecular weight excluding hydrogens is 296 g/mol. The molecule has 0 aromatic carbocycles. The van der Waals surface area contributed by atoms with Gasteiger partial charge in [0.25, 0.3) is 0 Å². The van der Waals surface area contributed by atoms with Crippen LogP contribution in [0.5, 0.6) is 0 Å². The van der Waals surface area contributed by atoms with Crippen LogP contribution in [0.3, 0.4) is 0 Å². The van der Waals surface area contributed by atoms with Crippen molar-refractivity contribution in [3.63, 3.8) is 0 Å². The van der Waals surface area contributed by atoms with Gasteiger partial charge in [-0.25, -0.2) is 0 Å². The summed E-state index contributed by atoms with van der Waals surface area (Å²) in [7, 11) is 0. The lowest BCUT2D eigenvalue weighted by Gasteiger charge is -2.11. The first-order valence-electron chi connectivity index (χ1n) is 6.43. The Morgan fingerprint density at radius 2 is 2.33 bits per heavy atom. The van der Waals surface area contributed by atoms with Crippen LogP contribution in [0.1, 0.15) is 44.4 Å². The van der Waals surface area contributed by atoms with Gasteiger partial charge in [0.05, 0.1) is 6.04 Å². The molecule has 1 atom stereocenters. The van der Waals surface area contributed by atoms with E-state index in [9.17, 15) is 4.79 Å². The molecule has 1 aliphatic carbocycles. The molecule has 18 heavy (non-hydrogen) atoms. The normalized spacial score (nSPS) is 16.6. The lowest BCUT2D eigenvalue weighted by Crippen LogP contribution is -2.27. The largest absolute Gasteiger partial charge is 0.453 e. The molecular formula is C13H19BrN2O2. The van der Waals surface area contributed by atoms with E-state index in [1.165, 1.54) is 0 Å². The Morgan fingerprint density at radius 1 is 1.56 bits per heavy atom. The van der Waals surface area contributed by atoms with E-state index in [0.29, 0.717) is 12.5 Å². The fraction of sp³-hybridized carbons (Fsp3) is 0.615. The van der Waals surface area contributed by atoms with Crippen molar-refractivity contribution >= 4 is 21.8 Å². The zero-order valence-corrected chi connectivity index (χ0v) is 12.1. The molecule has 1 unspecified atom stereocenters. The van der Waals surface area contributed by atoms with E-state index in [-0.39, 0.29) is 11.9 Å². The minimum absolute atomic E-state index is 0.169. The number of hydrogen-bond acceptors (Lipinski definition) is 3. The number of carbonyl (C=O) groups is 1. The van der Waals surface area contributed by atoms with Crippen molar-refractivity contribution in [2.45, 2.75) is 44.7 Å². The average molecular weight is 315 g/mol. The van der Waals surface area contributed by atoms with Gasteiger partial charge in [0.15, 0.2) is 4.67 Å². The van der Waals surface area contributed by atoms with E-state index in [2.05, 4.69) is 33.5 Å². The van der Waals surface area contributed by atoms with E-state index >= 15 is 0 Å². The van der Waals surface area contributed by atoms with Crippen LogP contribution in [-0.4, -0.2) is 18.5 Å². The third-order valence-corrected chi connectivity index (χ3v) is 3.42. The molecule has 0 aliphatic heterocycles. The Labute approximate surface area is 116 Å². The van der Waals surface area contributed by atoms with Crippen molar-refractivity contribution in [1.82, 2.24) is 10.6 Å². The van der Waals surface area contributed by atoms with Gasteiger partial charge < -0.3 is 15.1 Å². The van der Waals surface area contributed by atoms with Crippen molar-refractivity contribution in [3.05, 3.63) is 22.6 Å². The van der Waals surface area contributed by atoms with Crippen molar-refractivity contribution < 1.29 is 9.21 Å². The third-order valence-electron chi connectivity index (χ3n) is 2.99. The van der Waals surface area contributed by atoms with Crippen LogP contribution >= 0.6 is 15.9 Å². The lowest BCUT2D eigenvalue weighted by molar-refractivity contribution is -0.121. The molecule has 4 nitrogen and oxygen atoms in total. The fourth-order valence-electron chi connectivity index (χ4n) is 1.76. The first kappa shape index (κ1) is 13.6. The Kier molecular flexibility index (Phi) is 4.83. The summed E-state index contributed by atoms with van der Waals surface area (Å²) in [6.07, 6.45) is 3.74. The van der Waals surface area contributed by atoms with Gasteiger partial charge in [-0.05, 0) is 60.8 Å². The van der Waals surface area contributed by atoms with E-state index < -0.39 is 0 Å². The summed E-state index contributed by atoms with van der Waals surface area (Å²) < 4.78 is 6.20. The standard InChI is InChI=1S/C13H19BrN2O2/c1-9(11-6-7-12(14)18-11)15-8-2-3-13(17)16-10-4-5-10/h6-7,9-10,15H,2-5,8H2,1H3,(H,16,17). The highest BCUT2D eigenvalue weighted by molar-refractivity contribution is 9.10. The number of amides is 1. The predicted octanol–water partition coefficient (Wildman–Crippen LogP) is 2.75. The highest BCUT2D eigenvalue weighted by atomic mass is 79.9. The Hall–Kier alpha value is -0.810. The maximum absolute atomic E-state index is 11.4. The lowest BCUT2D eigenvalue weighted by atomic mass is 10.2. The van der Waals surface area contributed by atoms with Gasteiger partial charge in [-0.2, -0.15) is 0 Å².